The summed E-state index contributed by atoms with van der Waals surface area (Å²) in [7, 11) is 0. The monoisotopic (exact) mass is 202 g/mol. The van der Waals surface area contributed by atoms with E-state index in [1.807, 2.05) is 0 Å². The molecule has 0 spiro atoms. The highest BCUT2D eigenvalue weighted by Crippen LogP contribution is 2.32. The molecule has 2 rings (SSSR count). The molecule has 0 bridgehead atoms. The third kappa shape index (κ3) is 2.09. The predicted octanol–water partition coefficient (Wildman–Crippen LogP) is 4.15. The van der Waals surface area contributed by atoms with Gasteiger partial charge in [0.05, 0.1) is 0 Å². The summed E-state index contributed by atoms with van der Waals surface area (Å²) in [6.45, 7) is 6.99. The number of benzene rings is 1. The van der Waals surface area contributed by atoms with Gasteiger partial charge in [0.2, 0.25) is 0 Å². The van der Waals surface area contributed by atoms with E-state index < -0.39 is 0 Å². The lowest BCUT2D eigenvalue weighted by molar-refractivity contribution is 0.312. The Morgan fingerprint density at radius 2 is 2.20 bits per heavy atom. The van der Waals surface area contributed by atoms with Gasteiger partial charge in [-0.3, -0.25) is 0 Å². The third-order valence-electron chi connectivity index (χ3n) is 4.21. The highest BCUT2D eigenvalue weighted by atomic mass is 14.3. The SMILES string of the molecule is CCC(C)C1CCc2cccc(C)c2C1. The lowest BCUT2D eigenvalue weighted by atomic mass is 9.76. The molecule has 0 heterocycles. The Morgan fingerprint density at radius 1 is 1.40 bits per heavy atom. The van der Waals surface area contributed by atoms with Crippen molar-refractivity contribution < 1.29 is 0 Å². The summed E-state index contributed by atoms with van der Waals surface area (Å²) >= 11 is 0. The molecule has 1 aliphatic carbocycles. The number of aryl methyl sites for hydroxylation is 2. The minimum absolute atomic E-state index is 0.887. The van der Waals surface area contributed by atoms with Crippen LogP contribution < -0.4 is 0 Å². The molecule has 82 valence electrons. The summed E-state index contributed by atoms with van der Waals surface area (Å²) in [5, 5.41) is 0. The second kappa shape index (κ2) is 4.38. The van der Waals surface area contributed by atoms with Gasteiger partial charge in [-0.2, -0.15) is 0 Å². The minimum Gasteiger partial charge on any atom is -0.0651 e. The van der Waals surface area contributed by atoms with Crippen molar-refractivity contribution in [2.24, 2.45) is 11.8 Å². The Balaban J connectivity index is 2.22. The summed E-state index contributed by atoms with van der Waals surface area (Å²) in [5.41, 5.74) is 4.75. The fraction of sp³-hybridized carbons (Fsp3) is 0.600. The number of fused-ring (bicyclic) bond motifs is 1. The van der Waals surface area contributed by atoms with Crippen molar-refractivity contribution in [2.75, 3.05) is 0 Å². The Kier molecular flexibility index (Phi) is 3.14. The van der Waals surface area contributed by atoms with Gasteiger partial charge in [0, 0.05) is 0 Å². The topological polar surface area (TPSA) is 0 Å². The maximum atomic E-state index is 2.41. The zero-order valence-electron chi connectivity index (χ0n) is 10.2. The van der Waals surface area contributed by atoms with Crippen molar-refractivity contribution in [1.29, 1.82) is 0 Å². The first-order valence-electron chi connectivity index (χ1n) is 6.29. The van der Waals surface area contributed by atoms with Gasteiger partial charge in [-0.05, 0) is 54.7 Å². The number of hydrogen-bond donors (Lipinski definition) is 0. The van der Waals surface area contributed by atoms with Crippen LogP contribution in [-0.2, 0) is 12.8 Å². The summed E-state index contributed by atoms with van der Waals surface area (Å²) in [5.74, 6) is 1.81. The average molecular weight is 202 g/mol. The minimum atomic E-state index is 0.887. The van der Waals surface area contributed by atoms with Crippen molar-refractivity contribution in [2.45, 2.75) is 46.5 Å². The van der Waals surface area contributed by atoms with Gasteiger partial charge in [-0.25, -0.2) is 0 Å². The molecule has 1 aromatic carbocycles. The van der Waals surface area contributed by atoms with E-state index in [9.17, 15) is 0 Å². The van der Waals surface area contributed by atoms with Crippen LogP contribution in [0.5, 0.6) is 0 Å². The van der Waals surface area contributed by atoms with Gasteiger partial charge in [-0.1, -0.05) is 38.5 Å². The van der Waals surface area contributed by atoms with Gasteiger partial charge in [0.15, 0.2) is 0 Å². The lowest BCUT2D eigenvalue weighted by Crippen LogP contribution is -2.21. The van der Waals surface area contributed by atoms with Crippen LogP contribution in [0.3, 0.4) is 0 Å². The van der Waals surface area contributed by atoms with E-state index in [2.05, 4.69) is 39.0 Å². The molecule has 0 aliphatic heterocycles. The van der Waals surface area contributed by atoms with E-state index >= 15 is 0 Å². The largest absolute Gasteiger partial charge is 0.0651 e. The van der Waals surface area contributed by atoms with Gasteiger partial charge in [0.1, 0.15) is 0 Å². The Morgan fingerprint density at radius 3 is 2.93 bits per heavy atom. The fourth-order valence-corrected chi connectivity index (χ4v) is 2.81. The summed E-state index contributed by atoms with van der Waals surface area (Å²) < 4.78 is 0. The first kappa shape index (κ1) is 10.7. The van der Waals surface area contributed by atoms with Crippen LogP contribution in [0.4, 0.5) is 0 Å². The highest BCUT2D eigenvalue weighted by molar-refractivity contribution is 5.36. The summed E-state index contributed by atoms with van der Waals surface area (Å²) in [4.78, 5) is 0. The summed E-state index contributed by atoms with van der Waals surface area (Å²) in [6.07, 6.45) is 5.33. The average Bonchev–Trinajstić information content (AvgIpc) is 2.28. The zero-order chi connectivity index (χ0) is 10.8. The molecule has 0 heteroatoms. The molecule has 0 nitrogen and oxygen atoms in total. The molecule has 0 aromatic heterocycles. The van der Waals surface area contributed by atoms with E-state index in [1.165, 1.54) is 31.2 Å². The van der Waals surface area contributed by atoms with E-state index in [-0.39, 0.29) is 0 Å². The van der Waals surface area contributed by atoms with Gasteiger partial charge >= 0.3 is 0 Å². The van der Waals surface area contributed by atoms with Crippen LogP contribution in [0.25, 0.3) is 0 Å². The molecular weight excluding hydrogens is 180 g/mol. The molecule has 0 amide bonds. The highest BCUT2D eigenvalue weighted by Gasteiger charge is 2.23. The van der Waals surface area contributed by atoms with Crippen molar-refractivity contribution >= 4 is 0 Å². The van der Waals surface area contributed by atoms with Crippen LogP contribution in [0.15, 0.2) is 18.2 Å². The van der Waals surface area contributed by atoms with E-state index in [4.69, 9.17) is 0 Å². The van der Waals surface area contributed by atoms with Crippen molar-refractivity contribution in [3.8, 4) is 0 Å². The normalized spacial score (nSPS) is 22.2. The van der Waals surface area contributed by atoms with Gasteiger partial charge < -0.3 is 0 Å². The predicted molar refractivity (Wildman–Crippen MR) is 66.1 cm³/mol. The fourth-order valence-electron chi connectivity index (χ4n) is 2.81. The van der Waals surface area contributed by atoms with Crippen molar-refractivity contribution in [3.63, 3.8) is 0 Å². The van der Waals surface area contributed by atoms with Gasteiger partial charge in [-0.15, -0.1) is 0 Å². The molecule has 0 saturated heterocycles. The molecule has 15 heavy (non-hydrogen) atoms. The van der Waals surface area contributed by atoms with Crippen LogP contribution in [0.1, 0.15) is 43.4 Å². The first-order valence-corrected chi connectivity index (χ1v) is 6.29. The number of hydrogen-bond acceptors (Lipinski definition) is 0. The molecular formula is C15H22. The van der Waals surface area contributed by atoms with Crippen molar-refractivity contribution in [3.05, 3.63) is 34.9 Å². The van der Waals surface area contributed by atoms with Crippen LogP contribution in [0.2, 0.25) is 0 Å². The maximum Gasteiger partial charge on any atom is -0.0242 e. The smallest absolute Gasteiger partial charge is 0.0242 e. The second-order valence-corrected chi connectivity index (χ2v) is 5.10. The van der Waals surface area contributed by atoms with Crippen LogP contribution >= 0.6 is 0 Å². The molecule has 0 fully saturated rings. The summed E-state index contributed by atoms with van der Waals surface area (Å²) in [6, 6.07) is 6.78. The van der Waals surface area contributed by atoms with E-state index in [1.54, 1.807) is 11.1 Å². The quantitative estimate of drug-likeness (QED) is 0.676. The lowest BCUT2D eigenvalue weighted by Gasteiger charge is -2.30. The zero-order valence-corrected chi connectivity index (χ0v) is 10.2. The molecule has 2 unspecified atom stereocenters. The molecule has 0 radical (unpaired) electrons. The van der Waals surface area contributed by atoms with E-state index in [0.29, 0.717) is 0 Å². The molecule has 2 atom stereocenters. The molecule has 0 N–H and O–H groups in total. The van der Waals surface area contributed by atoms with Crippen molar-refractivity contribution in [1.82, 2.24) is 0 Å². The van der Waals surface area contributed by atoms with Crippen LogP contribution in [0, 0.1) is 18.8 Å². The van der Waals surface area contributed by atoms with E-state index in [0.717, 1.165) is 11.8 Å². The van der Waals surface area contributed by atoms with Crippen LogP contribution in [-0.4, -0.2) is 0 Å². The first-order chi connectivity index (χ1) is 7.22. The number of rotatable bonds is 2. The Labute approximate surface area is 93.7 Å². The molecule has 1 aromatic rings. The molecule has 1 aliphatic rings. The third-order valence-corrected chi connectivity index (χ3v) is 4.21. The maximum absolute atomic E-state index is 2.41. The Bertz CT molecular complexity index is 338. The molecule has 0 saturated carbocycles. The van der Waals surface area contributed by atoms with Gasteiger partial charge in [0.25, 0.3) is 0 Å². The Hall–Kier alpha value is -0.780. The second-order valence-electron chi connectivity index (χ2n) is 5.10. The standard InChI is InChI=1S/C15H22/c1-4-11(2)14-9-8-13-7-5-6-12(3)15(13)10-14/h5-7,11,14H,4,8-10H2,1-3H3.